The molecule has 0 saturated carbocycles. The molecule has 3 aromatic carbocycles. The van der Waals surface area contributed by atoms with E-state index in [0.29, 0.717) is 30.3 Å². The van der Waals surface area contributed by atoms with E-state index < -0.39 is 18.0 Å². The van der Waals surface area contributed by atoms with Crippen LogP contribution < -0.4 is 10.1 Å². The Balaban J connectivity index is 1.56. The summed E-state index contributed by atoms with van der Waals surface area (Å²) in [7, 11) is 0. The number of likely N-dealkylation sites (tertiary alicyclic amines) is 1. The van der Waals surface area contributed by atoms with Crippen molar-refractivity contribution in [2.24, 2.45) is 0 Å². The van der Waals surface area contributed by atoms with E-state index in [4.69, 9.17) is 16.3 Å². The van der Waals surface area contributed by atoms with Gasteiger partial charge in [-0.2, -0.15) is 5.26 Å². The van der Waals surface area contributed by atoms with Crippen molar-refractivity contribution in [3.8, 4) is 11.8 Å². The molecule has 10 heteroatoms. The summed E-state index contributed by atoms with van der Waals surface area (Å²) in [5.41, 5.74) is 2.71. The number of hydrogen-bond acceptors (Lipinski definition) is 5. The standard InChI is InChI=1S/C28H25ClF3N3O3/c1-2-37-25-17-35(16-24(25)34-27(36)21-9-13-23(14-10-21)38-28(30,31)32)26(20-7-11-22(29)12-8-20)19-5-3-18(15-33)4-6-19/h3-14,24-26H,2,16-17H2,1H3,(H,34,36)/t24-,25-,26?/m0/s1. The molecule has 1 fully saturated rings. The Bertz CT molecular complexity index is 1280. The van der Waals surface area contributed by atoms with Crippen molar-refractivity contribution in [2.75, 3.05) is 19.7 Å². The first-order valence-electron chi connectivity index (χ1n) is 11.9. The average Bonchev–Trinajstić information content (AvgIpc) is 3.27. The Morgan fingerprint density at radius 2 is 1.66 bits per heavy atom. The van der Waals surface area contributed by atoms with Crippen molar-refractivity contribution >= 4 is 17.5 Å². The number of nitriles is 1. The van der Waals surface area contributed by atoms with E-state index in [2.05, 4.69) is 21.0 Å². The third-order valence-corrected chi connectivity index (χ3v) is 6.50. The van der Waals surface area contributed by atoms with Crippen molar-refractivity contribution in [2.45, 2.75) is 31.5 Å². The third kappa shape index (κ3) is 6.84. The highest BCUT2D eigenvalue weighted by molar-refractivity contribution is 6.30. The van der Waals surface area contributed by atoms with Crippen LogP contribution in [0.5, 0.6) is 5.75 Å². The molecule has 6 nitrogen and oxygen atoms in total. The fourth-order valence-corrected chi connectivity index (χ4v) is 4.72. The molecule has 0 spiro atoms. The van der Waals surface area contributed by atoms with E-state index >= 15 is 0 Å². The molecule has 1 aliphatic heterocycles. The van der Waals surface area contributed by atoms with Gasteiger partial charge in [0, 0.05) is 30.3 Å². The molecular formula is C28H25ClF3N3O3. The summed E-state index contributed by atoms with van der Waals surface area (Å²) in [6.45, 7) is 3.29. The Labute approximate surface area is 223 Å². The van der Waals surface area contributed by atoms with E-state index in [0.717, 1.165) is 23.3 Å². The molecule has 1 aliphatic rings. The Morgan fingerprint density at radius 3 is 2.21 bits per heavy atom. The van der Waals surface area contributed by atoms with Gasteiger partial charge in [-0.25, -0.2) is 0 Å². The number of hydrogen-bond donors (Lipinski definition) is 1. The van der Waals surface area contributed by atoms with Crippen LogP contribution in [0.3, 0.4) is 0 Å². The van der Waals surface area contributed by atoms with Crippen LogP contribution in [0.1, 0.15) is 40.0 Å². The summed E-state index contributed by atoms with van der Waals surface area (Å²) in [6, 6.07) is 21.2. The van der Waals surface area contributed by atoms with Crippen molar-refractivity contribution < 1.29 is 27.4 Å². The van der Waals surface area contributed by atoms with Gasteiger partial charge in [0.2, 0.25) is 0 Å². The van der Waals surface area contributed by atoms with Crippen LogP contribution in [0.2, 0.25) is 5.02 Å². The monoisotopic (exact) mass is 543 g/mol. The smallest absolute Gasteiger partial charge is 0.406 e. The van der Waals surface area contributed by atoms with Gasteiger partial charge >= 0.3 is 6.36 Å². The van der Waals surface area contributed by atoms with Crippen molar-refractivity contribution in [3.05, 3.63) is 100 Å². The van der Waals surface area contributed by atoms with E-state index in [1.54, 1.807) is 12.1 Å². The van der Waals surface area contributed by atoms with Gasteiger partial charge in [0.05, 0.1) is 29.8 Å². The number of alkyl halides is 3. The van der Waals surface area contributed by atoms with E-state index in [1.807, 2.05) is 43.3 Å². The summed E-state index contributed by atoms with van der Waals surface area (Å²) in [5, 5.41) is 12.8. The molecular weight excluding hydrogens is 519 g/mol. The molecule has 1 N–H and O–H groups in total. The summed E-state index contributed by atoms with van der Waals surface area (Å²) < 4.78 is 47.2. The summed E-state index contributed by atoms with van der Waals surface area (Å²) in [5.74, 6) is -0.831. The number of ether oxygens (including phenoxy) is 2. The molecule has 3 aromatic rings. The number of rotatable bonds is 8. The molecule has 1 heterocycles. The average molecular weight is 544 g/mol. The van der Waals surface area contributed by atoms with Gasteiger partial charge in [0.15, 0.2) is 0 Å². The van der Waals surface area contributed by atoms with Crippen LogP contribution in [-0.2, 0) is 4.74 Å². The van der Waals surface area contributed by atoms with Gasteiger partial charge in [0.1, 0.15) is 5.75 Å². The predicted octanol–water partition coefficient (Wildman–Crippen LogP) is 5.72. The first-order chi connectivity index (χ1) is 18.2. The minimum Gasteiger partial charge on any atom is -0.406 e. The van der Waals surface area contributed by atoms with Gasteiger partial charge in [-0.3, -0.25) is 9.69 Å². The number of carbonyl (C=O) groups is 1. The number of halogens is 4. The number of benzene rings is 3. The highest BCUT2D eigenvalue weighted by atomic mass is 35.5. The molecule has 3 atom stereocenters. The second-order valence-electron chi connectivity index (χ2n) is 8.79. The van der Waals surface area contributed by atoms with Crippen LogP contribution in [0.25, 0.3) is 0 Å². The van der Waals surface area contributed by atoms with E-state index in [1.165, 1.54) is 12.1 Å². The van der Waals surface area contributed by atoms with E-state index in [-0.39, 0.29) is 23.8 Å². The van der Waals surface area contributed by atoms with Gasteiger partial charge in [-0.15, -0.1) is 13.2 Å². The number of carbonyl (C=O) groups excluding carboxylic acids is 1. The first-order valence-corrected chi connectivity index (χ1v) is 12.3. The van der Waals surface area contributed by atoms with Crippen LogP contribution in [0.4, 0.5) is 13.2 Å². The van der Waals surface area contributed by atoms with Gasteiger partial charge in [-0.05, 0) is 66.6 Å². The van der Waals surface area contributed by atoms with Crippen LogP contribution in [0.15, 0.2) is 72.8 Å². The molecule has 0 aromatic heterocycles. The summed E-state index contributed by atoms with van der Waals surface area (Å²) in [4.78, 5) is 15.2. The lowest BCUT2D eigenvalue weighted by Crippen LogP contribution is -2.44. The van der Waals surface area contributed by atoms with Crippen LogP contribution in [-0.4, -0.2) is 49.0 Å². The van der Waals surface area contributed by atoms with Crippen molar-refractivity contribution in [3.63, 3.8) is 0 Å². The van der Waals surface area contributed by atoms with Crippen molar-refractivity contribution in [1.82, 2.24) is 10.2 Å². The number of nitrogens with one attached hydrogen (secondary N) is 1. The van der Waals surface area contributed by atoms with Crippen molar-refractivity contribution in [1.29, 1.82) is 5.26 Å². The third-order valence-electron chi connectivity index (χ3n) is 6.25. The molecule has 0 radical (unpaired) electrons. The Morgan fingerprint density at radius 1 is 1.05 bits per heavy atom. The normalized spacial score (nSPS) is 18.5. The zero-order chi connectivity index (χ0) is 27.3. The Kier molecular flexibility index (Phi) is 8.57. The molecule has 38 heavy (non-hydrogen) atoms. The predicted molar refractivity (Wildman–Crippen MR) is 136 cm³/mol. The quantitative estimate of drug-likeness (QED) is 0.393. The first kappa shape index (κ1) is 27.5. The lowest BCUT2D eigenvalue weighted by Gasteiger charge is -2.29. The zero-order valence-electron chi connectivity index (χ0n) is 20.4. The van der Waals surface area contributed by atoms with Gasteiger partial charge < -0.3 is 14.8 Å². The van der Waals surface area contributed by atoms with E-state index in [9.17, 15) is 23.2 Å². The largest absolute Gasteiger partial charge is 0.573 e. The maximum Gasteiger partial charge on any atom is 0.573 e. The molecule has 1 unspecified atom stereocenters. The number of amides is 1. The van der Waals surface area contributed by atoms with Gasteiger partial charge in [0.25, 0.3) is 5.91 Å². The topological polar surface area (TPSA) is 74.6 Å². The van der Waals surface area contributed by atoms with Crippen LogP contribution in [0, 0.1) is 11.3 Å². The summed E-state index contributed by atoms with van der Waals surface area (Å²) in [6.07, 6.45) is -5.12. The molecule has 0 bridgehead atoms. The fourth-order valence-electron chi connectivity index (χ4n) is 4.59. The zero-order valence-corrected chi connectivity index (χ0v) is 21.2. The molecule has 198 valence electrons. The Hall–Kier alpha value is -3.58. The highest BCUT2D eigenvalue weighted by Crippen LogP contribution is 2.33. The second kappa shape index (κ2) is 11.9. The summed E-state index contributed by atoms with van der Waals surface area (Å²) >= 11 is 6.13. The second-order valence-corrected chi connectivity index (χ2v) is 9.22. The lowest BCUT2D eigenvalue weighted by molar-refractivity contribution is -0.274. The highest BCUT2D eigenvalue weighted by Gasteiger charge is 2.39. The molecule has 1 saturated heterocycles. The lowest BCUT2D eigenvalue weighted by atomic mass is 9.96. The maximum atomic E-state index is 13.0. The molecule has 0 aliphatic carbocycles. The fraction of sp³-hybridized carbons (Fsp3) is 0.286. The molecule has 1 amide bonds. The van der Waals surface area contributed by atoms with Crippen LogP contribution >= 0.6 is 11.6 Å². The van der Waals surface area contributed by atoms with Gasteiger partial charge in [-0.1, -0.05) is 35.9 Å². The minimum absolute atomic E-state index is 0.191. The number of nitrogens with zero attached hydrogens (tertiary/aromatic N) is 2. The SMILES string of the molecule is CCO[C@H]1CN(C(c2ccc(Cl)cc2)c2ccc(C#N)cc2)C[C@@H]1NC(=O)c1ccc(OC(F)(F)F)cc1. The molecule has 4 rings (SSSR count). The maximum absolute atomic E-state index is 13.0. The minimum atomic E-state index is -4.81.